The number of rotatable bonds is 3. The van der Waals surface area contributed by atoms with E-state index in [9.17, 15) is 25.2 Å². The topological polar surface area (TPSA) is 138 Å². The summed E-state index contributed by atoms with van der Waals surface area (Å²) in [5, 5.41) is 43.2. The number of ether oxygens (including phenoxy) is 3. The first-order valence-electron chi connectivity index (χ1n) is 9.07. The van der Waals surface area contributed by atoms with Gasteiger partial charge in [0.1, 0.15) is 17.8 Å². The molecule has 1 aliphatic carbocycles. The van der Waals surface area contributed by atoms with Crippen molar-refractivity contribution in [2.75, 3.05) is 6.54 Å². The average molecular weight is 375 g/mol. The van der Waals surface area contributed by atoms with Gasteiger partial charge in [0.25, 0.3) is 5.91 Å². The van der Waals surface area contributed by atoms with Gasteiger partial charge in [0, 0.05) is 25.8 Å². The number of amides is 1. The first kappa shape index (κ1) is 19.9. The second kappa shape index (κ2) is 6.97. The maximum atomic E-state index is 12.5. The van der Waals surface area contributed by atoms with Crippen LogP contribution in [-0.4, -0.2) is 87.0 Å². The molecule has 3 fully saturated rings. The number of hydrogen-bond acceptors (Lipinski definition) is 8. The molecule has 9 heteroatoms. The van der Waals surface area contributed by atoms with Gasteiger partial charge >= 0.3 is 0 Å². The molecule has 26 heavy (non-hydrogen) atoms. The summed E-state index contributed by atoms with van der Waals surface area (Å²) in [6, 6.07) is 0. The molecule has 2 aliphatic heterocycles. The molecule has 0 spiro atoms. The molecule has 0 radical (unpaired) electrons. The van der Waals surface area contributed by atoms with Gasteiger partial charge < -0.3 is 40.0 Å². The lowest BCUT2D eigenvalue weighted by Crippen LogP contribution is -2.59. The standard InChI is InChI=1S/C17H29NO8/c1-8-13(21)10(19)4-9(24-8)7-18-15(22)17(23)5-11(20)14-12(6-17)25-16(2,3)26-14/h8-14,19-21,23H,4-7H2,1-3H3,(H,18,22)/t8-,9-,10+,11+,12+,13-,14-,17+/m0/s1. The molecule has 1 amide bonds. The molecule has 0 aromatic carbocycles. The molecule has 0 aromatic heterocycles. The van der Waals surface area contributed by atoms with Gasteiger partial charge in [-0.2, -0.15) is 0 Å². The van der Waals surface area contributed by atoms with Gasteiger partial charge in [-0.1, -0.05) is 0 Å². The quantitative estimate of drug-likeness (QED) is 0.398. The van der Waals surface area contributed by atoms with Crippen LogP contribution in [0.5, 0.6) is 0 Å². The van der Waals surface area contributed by atoms with Crippen molar-refractivity contribution in [1.29, 1.82) is 0 Å². The largest absolute Gasteiger partial charge is 0.390 e. The van der Waals surface area contributed by atoms with Crippen molar-refractivity contribution < 1.29 is 39.4 Å². The summed E-state index contributed by atoms with van der Waals surface area (Å²) in [5.41, 5.74) is -1.78. The van der Waals surface area contributed by atoms with E-state index in [0.717, 1.165) is 0 Å². The van der Waals surface area contributed by atoms with Crippen molar-refractivity contribution in [2.24, 2.45) is 0 Å². The molecule has 150 valence electrons. The lowest BCUT2D eigenvalue weighted by atomic mass is 9.79. The second-order valence-electron chi connectivity index (χ2n) is 8.11. The highest BCUT2D eigenvalue weighted by atomic mass is 16.8. The van der Waals surface area contributed by atoms with Crippen molar-refractivity contribution in [1.82, 2.24) is 5.32 Å². The van der Waals surface area contributed by atoms with Crippen LogP contribution in [0.15, 0.2) is 0 Å². The number of aliphatic hydroxyl groups is 4. The summed E-state index contributed by atoms with van der Waals surface area (Å²) in [5.74, 6) is -1.50. The van der Waals surface area contributed by atoms with Crippen LogP contribution < -0.4 is 5.32 Å². The maximum Gasteiger partial charge on any atom is 0.252 e. The highest BCUT2D eigenvalue weighted by Gasteiger charge is 2.55. The van der Waals surface area contributed by atoms with Crippen LogP contribution in [0.1, 0.15) is 40.0 Å². The number of carbonyl (C=O) groups is 1. The Morgan fingerprint density at radius 1 is 1.15 bits per heavy atom. The number of carbonyl (C=O) groups excluding carboxylic acids is 1. The van der Waals surface area contributed by atoms with Crippen LogP contribution >= 0.6 is 0 Å². The van der Waals surface area contributed by atoms with E-state index in [2.05, 4.69) is 5.32 Å². The first-order chi connectivity index (χ1) is 12.0. The van der Waals surface area contributed by atoms with E-state index in [1.165, 1.54) is 0 Å². The third kappa shape index (κ3) is 3.89. The Morgan fingerprint density at radius 3 is 2.50 bits per heavy atom. The Hall–Kier alpha value is -0.810. The van der Waals surface area contributed by atoms with E-state index in [1.807, 2.05) is 0 Å². The zero-order chi connectivity index (χ0) is 19.3. The molecular weight excluding hydrogens is 346 g/mol. The van der Waals surface area contributed by atoms with E-state index in [-0.39, 0.29) is 25.8 Å². The van der Waals surface area contributed by atoms with Crippen LogP contribution in [-0.2, 0) is 19.0 Å². The Morgan fingerprint density at radius 2 is 1.85 bits per heavy atom. The summed E-state index contributed by atoms with van der Waals surface area (Å²) < 4.78 is 16.9. The molecular formula is C17H29NO8. The van der Waals surface area contributed by atoms with Gasteiger partial charge in [-0.3, -0.25) is 4.79 Å². The predicted molar refractivity (Wildman–Crippen MR) is 88.0 cm³/mol. The number of hydrogen-bond donors (Lipinski definition) is 5. The molecule has 0 bridgehead atoms. The predicted octanol–water partition coefficient (Wildman–Crippen LogP) is -1.59. The number of fused-ring (bicyclic) bond motifs is 1. The van der Waals surface area contributed by atoms with Crippen molar-refractivity contribution in [3.63, 3.8) is 0 Å². The molecule has 3 aliphatic rings. The summed E-state index contributed by atoms with van der Waals surface area (Å²) in [6.07, 6.45) is -5.02. The van der Waals surface area contributed by atoms with Crippen LogP contribution in [0.4, 0.5) is 0 Å². The molecule has 1 saturated carbocycles. The Balaban J connectivity index is 1.58. The minimum atomic E-state index is -1.78. The summed E-state index contributed by atoms with van der Waals surface area (Å²) in [7, 11) is 0. The van der Waals surface area contributed by atoms with Gasteiger partial charge in [0.05, 0.1) is 30.5 Å². The van der Waals surface area contributed by atoms with Gasteiger partial charge in [-0.05, 0) is 20.8 Å². The van der Waals surface area contributed by atoms with Gasteiger partial charge in [0.15, 0.2) is 5.79 Å². The van der Waals surface area contributed by atoms with E-state index < -0.39 is 60.0 Å². The highest BCUT2D eigenvalue weighted by Crippen LogP contribution is 2.41. The van der Waals surface area contributed by atoms with Crippen LogP contribution in [0.3, 0.4) is 0 Å². The SMILES string of the molecule is C[C@@H]1O[C@H](CNC(=O)[C@@]2(O)C[C@@H](O)[C@@H]3OC(C)(C)O[C@@H]3C2)C[C@@H](O)[C@H]1O. The lowest BCUT2D eigenvalue weighted by Gasteiger charge is -2.39. The van der Waals surface area contributed by atoms with E-state index in [1.54, 1.807) is 20.8 Å². The van der Waals surface area contributed by atoms with Crippen LogP contribution in [0.25, 0.3) is 0 Å². The molecule has 5 N–H and O–H groups in total. The minimum absolute atomic E-state index is 0.0211. The summed E-state index contributed by atoms with van der Waals surface area (Å²) in [6.45, 7) is 5.17. The number of aliphatic hydroxyl groups excluding tert-OH is 3. The van der Waals surface area contributed by atoms with E-state index in [0.29, 0.717) is 0 Å². The van der Waals surface area contributed by atoms with Crippen molar-refractivity contribution in [3.05, 3.63) is 0 Å². The zero-order valence-corrected chi connectivity index (χ0v) is 15.3. The Bertz CT molecular complexity index is 531. The fourth-order valence-corrected chi connectivity index (χ4v) is 4.07. The van der Waals surface area contributed by atoms with Gasteiger partial charge in [-0.25, -0.2) is 0 Å². The van der Waals surface area contributed by atoms with Crippen molar-refractivity contribution in [3.8, 4) is 0 Å². The molecule has 8 atom stereocenters. The van der Waals surface area contributed by atoms with Gasteiger partial charge in [0.2, 0.25) is 0 Å². The Labute approximate surface area is 152 Å². The summed E-state index contributed by atoms with van der Waals surface area (Å²) >= 11 is 0. The Kier molecular flexibility index (Phi) is 5.35. The maximum absolute atomic E-state index is 12.5. The fourth-order valence-electron chi connectivity index (χ4n) is 4.07. The third-order valence-corrected chi connectivity index (χ3v) is 5.39. The van der Waals surface area contributed by atoms with Crippen molar-refractivity contribution in [2.45, 2.75) is 94.1 Å². The second-order valence-corrected chi connectivity index (χ2v) is 8.11. The molecule has 0 unspecified atom stereocenters. The molecule has 2 saturated heterocycles. The normalized spacial score (nSPS) is 48.0. The smallest absolute Gasteiger partial charge is 0.252 e. The highest BCUT2D eigenvalue weighted by molar-refractivity contribution is 5.85. The monoisotopic (exact) mass is 375 g/mol. The average Bonchev–Trinajstić information content (AvgIpc) is 2.84. The zero-order valence-electron chi connectivity index (χ0n) is 15.3. The van der Waals surface area contributed by atoms with E-state index >= 15 is 0 Å². The minimum Gasteiger partial charge on any atom is -0.390 e. The third-order valence-electron chi connectivity index (χ3n) is 5.39. The lowest BCUT2D eigenvalue weighted by molar-refractivity contribution is -0.168. The molecule has 2 heterocycles. The number of nitrogens with one attached hydrogen (secondary N) is 1. The molecule has 3 rings (SSSR count). The van der Waals surface area contributed by atoms with Crippen LogP contribution in [0.2, 0.25) is 0 Å². The molecule has 0 aromatic rings. The first-order valence-corrected chi connectivity index (χ1v) is 9.07. The fraction of sp³-hybridized carbons (Fsp3) is 0.941. The summed E-state index contributed by atoms with van der Waals surface area (Å²) in [4.78, 5) is 12.5. The molecule has 9 nitrogen and oxygen atoms in total. The van der Waals surface area contributed by atoms with Crippen molar-refractivity contribution >= 4 is 5.91 Å². The van der Waals surface area contributed by atoms with E-state index in [4.69, 9.17) is 14.2 Å². The van der Waals surface area contributed by atoms with Gasteiger partial charge in [-0.15, -0.1) is 0 Å². The van der Waals surface area contributed by atoms with Crippen LogP contribution in [0, 0.1) is 0 Å².